The summed E-state index contributed by atoms with van der Waals surface area (Å²) in [5.41, 5.74) is 8.39. The highest BCUT2D eigenvalue weighted by molar-refractivity contribution is 5.79. The van der Waals surface area contributed by atoms with Crippen LogP contribution >= 0.6 is 0 Å². The molecular weight excluding hydrogens is 296 g/mol. The summed E-state index contributed by atoms with van der Waals surface area (Å²) in [5.74, 6) is 2.92. The van der Waals surface area contributed by atoms with Crippen LogP contribution < -0.4 is 5.73 Å². The molecule has 3 heteroatoms. The highest BCUT2D eigenvalue weighted by atomic mass is 16.2. The molecule has 3 saturated carbocycles. The molecule has 5 rings (SSSR count). The Morgan fingerprint density at radius 3 is 2.46 bits per heavy atom. The van der Waals surface area contributed by atoms with E-state index in [1.54, 1.807) is 0 Å². The number of nitrogens with zero attached hydrogens (tertiary/aromatic N) is 1. The molecule has 1 aromatic rings. The van der Waals surface area contributed by atoms with Gasteiger partial charge in [0, 0.05) is 25.6 Å². The molecule has 0 spiro atoms. The number of rotatable bonds is 3. The second kappa shape index (κ2) is 6.87. The quantitative estimate of drug-likeness (QED) is 0.921. The van der Waals surface area contributed by atoms with Crippen molar-refractivity contribution in [3.8, 4) is 0 Å². The van der Waals surface area contributed by atoms with Gasteiger partial charge in [0.15, 0.2) is 0 Å². The smallest absolute Gasteiger partial charge is 0.225 e. The molecule has 1 aromatic carbocycles. The molecule has 2 bridgehead atoms. The van der Waals surface area contributed by atoms with Gasteiger partial charge in [0.05, 0.1) is 0 Å². The lowest BCUT2D eigenvalue weighted by Gasteiger charge is -2.44. The van der Waals surface area contributed by atoms with E-state index in [0.717, 1.165) is 31.8 Å². The Bertz CT molecular complexity index is 583. The minimum atomic E-state index is 0.342. The maximum Gasteiger partial charge on any atom is 0.225 e. The second-order valence-electron chi connectivity index (χ2n) is 8.17. The van der Waals surface area contributed by atoms with E-state index in [-0.39, 0.29) is 0 Å². The van der Waals surface area contributed by atoms with Gasteiger partial charge in [0.2, 0.25) is 5.91 Å². The van der Waals surface area contributed by atoms with Crippen molar-refractivity contribution in [2.24, 2.45) is 23.5 Å². The molecule has 4 fully saturated rings. The molecule has 2 N–H and O–H groups in total. The third-order valence-corrected chi connectivity index (χ3v) is 6.83. The van der Waals surface area contributed by atoms with Crippen LogP contribution in [0.15, 0.2) is 24.3 Å². The van der Waals surface area contributed by atoms with Gasteiger partial charge in [-0.15, -0.1) is 0 Å². The Labute approximate surface area is 145 Å². The number of amides is 1. The van der Waals surface area contributed by atoms with Crippen molar-refractivity contribution in [3.05, 3.63) is 35.4 Å². The molecule has 0 aromatic heterocycles. The highest BCUT2D eigenvalue weighted by Crippen LogP contribution is 2.46. The summed E-state index contributed by atoms with van der Waals surface area (Å²) in [7, 11) is 0. The minimum absolute atomic E-state index is 0.342. The monoisotopic (exact) mass is 326 g/mol. The average molecular weight is 326 g/mol. The number of hydrogen-bond donors (Lipinski definition) is 1. The molecule has 130 valence electrons. The van der Waals surface area contributed by atoms with E-state index < -0.39 is 0 Å². The van der Waals surface area contributed by atoms with E-state index in [0.29, 0.717) is 30.2 Å². The number of carbonyl (C=O) groups excluding carboxylic acids is 1. The SMILES string of the molecule is NCc1cccc(C2CCN(C(=O)C3CC4CCC3CC4)CC2)c1. The first kappa shape index (κ1) is 16.1. The van der Waals surface area contributed by atoms with Crippen LogP contribution in [0.5, 0.6) is 0 Å². The predicted molar refractivity (Wildman–Crippen MR) is 96.4 cm³/mol. The van der Waals surface area contributed by atoms with Gasteiger partial charge in [0.1, 0.15) is 0 Å². The van der Waals surface area contributed by atoms with Gasteiger partial charge in [-0.05, 0) is 61.0 Å². The Morgan fingerprint density at radius 1 is 1.08 bits per heavy atom. The van der Waals surface area contributed by atoms with Crippen molar-refractivity contribution in [1.82, 2.24) is 4.90 Å². The highest BCUT2D eigenvalue weighted by Gasteiger charge is 2.41. The number of likely N-dealkylation sites (tertiary alicyclic amines) is 1. The number of carbonyl (C=O) groups is 1. The molecule has 1 amide bonds. The fraction of sp³-hybridized carbons (Fsp3) is 0.667. The van der Waals surface area contributed by atoms with Crippen molar-refractivity contribution in [3.63, 3.8) is 0 Å². The number of hydrogen-bond acceptors (Lipinski definition) is 2. The van der Waals surface area contributed by atoms with E-state index in [2.05, 4.69) is 29.2 Å². The zero-order chi connectivity index (χ0) is 16.5. The molecule has 24 heavy (non-hydrogen) atoms. The van der Waals surface area contributed by atoms with Crippen LogP contribution in [0.25, 0.3) is 0 Å². The van der Waals surface area contributed by atoms with Crippen LogP contribution in [0.2, 0.25) is 0 Å². The molecule has 1 saturated heterocycles. The zero-order valence-electron chi connectivity index (χ0n) is 14.6. The van der Waals surface area contributed by atoms with Crippen LogP contribution in [0.4, 0.5) is 0 Å². The van der Waals surface area contributed by atoms with E-state index in [9.17, 15) is 4.79 Å². The third-order valence-electron chi connectivity index (χ3n) is 6.83. The van der Waals surface area contributed by atoms with Crippen molar-refractivity contribution in [2.45, 2.75) is 57.4 Å². The summed E-state index contributed by atoms with van der Waals surface area (Å²) in [6, 6.07) is 8.69. The van der Waals surface area contributed by atoms with E-state index in [1.807, 2.05) is 0 Å². The molecule has 3 nitrogen and oxygen atoms in total. The molecule has 1 heterocycles. The Balaban J connectivity index is 1.36. The van der Waals surface area contributed by atoms with Crippen LogP contribution in [0.1, 0.15) is 62.0 Å². The summed E-state index contributed by atoms with van der Waals surface area (Å²) >= 11 is 0. The summed E-state index contributed by atoms with van der Waals surface area (Å²) in [6.45, 7) is 2.48. The maximum atomic E-state index is 13.0. The largest absolute Gasteiger partial charge is 0.342 e. The normalized spacial score (nSPS) is 30.5. The first-order valence-corrected chi connectivity index (χ1v) is 9.82. The van der Waals surface area contributed by atoms with E-state index in [1.165, 1.54) is 43.2 Å². The standard InChI is InChI=1S/C21H30N2O/c22-14-16-2-1-3-19(12-16)17-8-10-23(11-9-17)21(24)20-13-15-4-6-18(20)7-5-15/h1-3,12,15,17-18,20H,4-11,13-14,22H2. The predicted octanol–water partition coefficient (Wildman–Crippen LogP) is 3.68. The van der Waals surface area contributed by atoms with Gasteiger partial charge >= 0.3 is 0 Å². The molecule has 1 atom stereocenters. The number of fused-ring (bicyclic) bond motifs is 3. The second-order valence-corrected chi connectivity index (χ2v) is 8.17. The summed E-state index contributed by atoms with van der Waals surface area (Å²) in [5, 5.41) is 0. The number of benzene rings is 1. The van der Waals surface area contributed by atoms with Gasteiger partial charge in [-0.2, -0.15) is 0 Å². The average Bonchev–Trinajstić information content (AvgIpc) is 2.68. The molecule has 4 aliphatic rings. The van der Waals surface area contributed by atoms with Crippen LogP contribution in [-0.2, 0) is 11.3 Å². The van der Waals surface area contributed by atoms with Crippen molar-refractivity contribution < 1.29 is 4.79 Å². The van der Waals surface area contributed by atoms with Crippen LogP contribution in [-0.4, -0.2) is 23.9 Å². The molecular formula is C21H30N2O. The minimum Gasteiger partial charge on any atom is -0.342 e. The van der Waals surface area contributed by atoms with Gasteiger partial charge < -0.3 is 10.6 Å². The summed E-state index contributed by atoms with van der Waals surface area (Å²) in [4.78, 5) is 15.2. The first-order valence-electron chi connectivity index (χ1n) is 9.82. The van der Waals surface area contributed by atoms with Crippen molar-refractivity contribution in [2.75, 3.05) is 13.1 Å². The molecule has 3 aliphatic carbocycles. The topological polar surface area (TPSA) is 46.3 Å². The molecule has 0 radical (unpaired) electrons. The van der Waals surface area contributed by atoms with Gasteiger partial charge in [-0.3, -0.25) is 4.79 Å². The van der Waals surface area contributed by atoms with Crippen LogP contribution in [0, 0.1) is 17.8 Å². The fourth-order valence-corrected chi connectivity index (χ4v) is 5.32. The lowest BCUT2D eigenvalue weighted by atomic mass is 9.64. The third kappa shape index (κ3) is 3.11. The van der Waals surface area contributed by atoms with Gasteiger partial charge in [-0.25, -0.2) is 0 Å². The Hall–Kier alpha value is -1.35. The lowest BCUT2D eigenvalue weighted by Crippen LogP contribution is -2.46. The maximum absolute atomic E-state index is 13.0. The molecule has 1 unspecified atom stereocenters. The zero-order valence-corrected chi connectivity index (χ0v) is 14.6. The number of nitrogens with two attached hydrogens (primary N) is 1. The van der Waals surface area contributed by atoms with E-state index in [4.69, 9.17) is 5.73 Å². The summed E-state index contributed by atoms with van der Waals surface area (Å²) < 4.78 is 0. The van der Waals surface area contributed by atoms with Crippen LogP contribution in [0.3, 0.4) is 0 Å². The molecule has 1 aliphatic heterocycles. The lowest BCUT2D eigenvalue weighted by molar-refractivity contribution is -0.142. The van der Waals surface area contributed by atoms with Crippen molar-refractivity contribution in [1.29, 1.82) is 0 Å². The van der Waals surface area contributed by atoms with E-state index >= 15 is 0 Å². The van der Waals surface area contributed by atoms with Gasteiger partial charge in [0.25, 0.3) is 0 Å². The Kier molecular flexibility index (Phi) is 4.62. The Morgan fingerprint density at radius 2 is 1.83 bits per heavy atom. The van der Waals surface area contributed by atoms with Gasteiger partial charge in [-0.1, -0.05) is 37.1 Å². The fourth-order valence-electron chi connectivity index (χ4n) is 5.32. The number of piperidine rings is 1. The summed E-state index contributed by atoms with van der Waals surface area (Å²) in [6.07, 6.45) is 8.69. The first-order chi connectivity index (χ1) is 11.7. The van der Waals surface area contributed by atoms with Crippen molar-refractivity contribution >= 4 is 5.91 Å².